The summed E-state index contributed by atoms with van der Waals surface area (Å²) in [5.41, 5.74) is 2.73. The van der Waals surface area contributed by atoms with Crippen molar-refractivity contribution in [3.05, 3.63) is 35.4 Å². The Morgan fingerprint density at radius 2 is 2.10 bits per heavy atom. The molecule has 0 saturated carbocycles. The topological polar surface area (TPSA) is 61.9 Å². The van der Waals surface area contributed by atoms with Crippen molar-refractivity contribution in [2.24, 2.45) is 11.8 Å². The van der Waals surface area contributed by atoms with E-state index in [2.05, 4.69) is 21.2 Å². The summed E-state index contributed by atoms with van der Waals surface area (Å²) in [5.74, 6) is 1.74. The van der Waals surface area contributed by atoms with E-state index in [0.717, 1.165) is 32.0 Å². The number of carbonyl (C=O) groups is 2. The molecule has 4 atom stereocenters. The van der Waals surface area contributed by atoms with Gasteiger partial charge in [0.05, 0.1) is 11.7 Å². The minimum Gasteiger partial charge on any atom is -0.482 e. The van der Waals surface area contributed by atoms with Crippen LogP contribution in [-0.2, 0) is 4.79 Å². The highest BCUT2D eigenvalue weighted by Crippen LogP contribution is 2.45. The van der Waals surface area contributed by atoms with E-state index in [9.17, 15) is 9.59 Å². The Labute approximate surface area is 177 Å². The van der Waals surface area contributed by atoms with E-state index in [1.807, 2.05) is 6.07 Å². The highest BCUT2D eigenvalue weighted by Gasteiger charge is 2.47. The predicted octanol–water partition coefficient (Wildman–Crippen LogP) is 3.05. The van der Waals surface area contributed by atoms with Gasteiger partial charge in [-0.15, -0.1) is 0 Å². The molecule has 6 rings (SSSR count). The molecule has 1 aromatic carbocycles. The first-order valence-corrected chi connectivity index (χ1v) is 11.5. The molecule has 0 aromatic heterocycles. The van der Waals surface area contributed by atoms with Crippen LogP contribution in [0.2, 0.25) is 0 Å². The largest absolute Gasteiger partial charge is 0.482 e. The number of nitrogens with one attached hydrogen (secondary N) is 1. The second-order valence-electron chi connectivity index (χ2n) is 9.55. The van der Waals surface area contributed by atoms with E-state index in [1.165, 1.54) is 37.8 Å². The highest BCUT2D eigenvalue weighted by atomic mass is 16.5. The molecule has 2 bridgehead atoms. The molecule has 1 aromatic rings. The Balaban J connectivity index is 1.30. The lowest BCUT2D eigenvalue weighted by atomic mass is 9.68. The fourth-order valence-corrected chi connectivity index (χ4v) is 6.58. The Hall–Kier alpha value is -2.34. The summed E-state index contributed by atoms with van der Waals surface area (Å²) in [6, 6.07) is 6.37. The number of amides is 2. The minimum atomic E-state index is -0.174. The van der Waals surface area contributed by atoms with E-state index in [-0.39, 0.29) is 24.5 Å². The van der Waals surface area contributed by atoms with Gasteiger partial charge in [0.2, 0.25) is 0 Å². The number of rotatable bonds is 1. The van der Waals surface area contributed by atoms with Crippen molar-refractivity contribution < 1.29 is 14.3 Å². The van der Waals surface area contributed by atoms with Gasteiger partial charge < -0.3 is 15.0 Å². The third-order valence-corrected chi connectivity index (χ3v) is 7.78. The van der Waals surface area contributed by atoms with Crippen molar-refractivity contribution in [2.45, 2.75) is 50.6 Å². The first-order chi connectivity index (χ1) is 14.7. The smallest absolute Gasteiger partial charge is 0.262 e. The summed E-state index contributed by atoms with van der Waals surface area (Å²) in [6.45, 7) is 3.18. The van der Waals surface area contributed by atoms with Crippen molar-refractivity contribution in [1.82, 2.24) is 9.80 Å². The zero-order chi connectivity index (χ0) is 20.2. The predicted molar refractivity (Wildman–Crippen MR) is 114 cm³/mol. The molecule has 3 saturated heterocycles. The lowest BCUT2D eigenvalue weighted by molar-refractivity contribution is -0.118. The van der Waals surface area contributed by atoms with Crippen molar-refractivity contribution >= 4 is 17.5 Å². The van der Waals surface area contributed by atoms with Crippen molar-refractivity contribution in [3.63, 3.8) is 0 Å². The first-order valence-electron chi connectivity index (χ1n) is 11.5. The van der Waals surface area contributed by atoms with Gasteiger partial charge in [-0.1, -0.05) is 18.1 Å². The van der Waals surface area contributed by atoms with Gasteiger partial charge in [0.1, 0.15) is 5.75 Å². The number of nitrogens with zero attached hydrogens (tertiary/aromatic N) is 2. The van der Waals surface area contributed by atoms with E-state index in [1.54, 1.807) is 12.1 Å². The molecule has 3 fully saturated rings. The van der Waals surface area contributed by atoms with Crippen LogP contribution < -0.4 is 10.1 Å². The number of hydrogen-bond donors (Lipinski definition) is 1. The van der Waals surface area contributed by atoms with Gasteiger partial charge in [0, 0.05) is 24.7 Å². The summed E-state index contributed by atoms with van der Waals surface area (Å²) in [6.07, 6.45) is 9.92. The van der Waals surface area contributed by atoms with Gasteiger partial charge >= 0.3 is 0 Å². The zero-order valence-electron chi connectivity index (χ0n) is 17.3. The van der Waals surface area contributed by atoms with Crippen molar-refractivity contribution in [3.8, 4) is 5.75 Å². The minimum absolute atomic E-state index is 0.0307. The average Bonchev–Trinajstić information content (AvgIpc) is 2.78. The van der Waals surface area contributed by atoms with Gasteiger partial charge in [0.25, 0.3) is 11.8 Å². The lowest BCUT2D eigenvalue weighted by Gasteiger charge is -2.54. The molecule has 5 aliphatic rings. The van der Waals surface area contributed by atoms with Gasteiger partial charge in [-0.3, -0.25) is 14.5 Å². The van der Waals surface area contributed by atoms with Crippen LogP contribution >= 0.6 is 0 Å². The maximum Gasteiger partial charge on any atom is 0.262 e. The summed E-state index contributed by atoms with van der Waals surface area (Å²) >= 11 is 0. The number of carbonyl (C=O) groups excluding carboxylic acids is 2. The number of fused-ring (bicyclic) bond motifs is 7. The molecular weight excluding hydrogens is 378 g/mol. The van der Waals surface area contributed by atoms with Crippen LogP contribution in [0.5, 0.6) is 5.75 Å². The molecule has 1 aliphatic carbocycles. The maximum atomic E-state index is 13.6. The molecule has 4 heterocycles. The SMILES string of the molecule is O=C1COc2ccc(C(=O)N3CCCC4=C[C@H]5C[C@@H](CN6CCCC[C@H]56)[C@H]43)cc2N1. The van der Waals surface area contributed by atoms with E-state index in [4.69, 9.17) is 4.74 Å². The molecule has 6 nitrogen and oxygen atoms in total. The third kappa shape index (κ3) is 2.96. The summed E-state index contributed by atoms with van der Waals surface area (Å²) in [7, 11) is 0. The molecule has 1 N–H and O–H groups in total. The van der Waals surface area contributed by atoms with Crippen LogP contribution in [0.4, 0.5) is 5.69 Å². The fourth-order valence-electron chi connectivity index (χ4n) is 6.58. The van der Waals surface area contributed by atoms with E-state index >= 15 is 0 Å². The van der Waals surface area contributed by atoms with Crippen LogP contribution in [0.3, 0.4) is 0 Å². The second-order valence-corrected chi connectivity index (χ2v) is 9.55. The molecule has 30 heavy (non-hydrogen) atoms. The molecule has 0 radical (unpaired) electrons. The molecule has 6 heteroatoms. The lowest BCUT2D eigenvalue weighted by Crippen LogP contribution is -2.60. The third-order valence-electron chi connectivity index (χ3n) is 7.78. The monoisotopic (exact) mass is 407 g/mol. The van der Waals surface area contributed by atoms with Crippen molar-refractivity contribution in [1.29, 1.82) is 0 Å². The standard InChI is InChI=1S/C24H29N3O3/c28-22-14-30-21-7-6-16(12-19(21)25-22)24(29)27-9-3-4-15-10-17-11-18(23(15)27)13-26-8-2-1-5-20(17)26/h6-7,10,12,17-18,20,23H,1-5,8-9,11,13-14H2,(H,25,28)/t17-,18-,20+,23-/m0/s1. The average molecular weight is 408 g/mol. The summed E-state index contributed by atoms with van der Waals surface area (Å²) in [5, 5.41) is 2.83. The Morgan fingerprint density at radius 3 is 3.03 bits per heavy atom. The summed E-state index contributed by atoms with van der Waals surface area (Å²) < 4.78 is 5.45. The van der Waals surface area contributed by atoms with Gasteiger partial charge in [0.15, 0.2) is 6.61 Å². The molecule has 0 spiro atoms. The molecule has 0 unspecified atom stereocenters. The van der Waals surface area contributed by atoms with Gasteiger partial charge in [-0.25, -0.2) is 0 Å². The van der Waals surface area contributed by atoms with Gasteiger partial charge in [-0.05, 0) is 68.7 Å². The molecule has 2 amide bonds. The zero-order valence-corrected chi connectivity index (χ0v) is 17.3. The van der Waals surface area contributed by atoms with Crippen LogP contribution in [0.1, 0.15) is 48.9 Å². The van der Waals surface area contributed by atoms with E-state index < -0.39 is 0 Å². The quantitative estimate of drug-likeness (QED) is 0.727. The molecule has 158 valence electrons. The van der Waals surface area contributed by atoms with Crippen LogP contribution in [0.25, 0.3) is 0 Å². The number of hydrogen-bond acceptors (Lipinski definition) is 4. The Bertz CT molecular complexity index is 926. The first kappa shape index (κ1) is 18.4. The molecular formula is C24H29N3O3. The second kappa shape index (κ2) is 7.12. The van der Waals surface area contributed by atoms with E-state index in [0.29, 0.717) is 28.8 Å². The number of anilines is 1. The Kier molecular flexibility index (Phi) is 4.37. The van der Waals surface area contributed by atoms with Crippen LogP contribution in [0, 0.1) is 11.8 Å². The number of likely N-dealkylation sites (tertiary alicyclic amines) is 1. The van der Waals surface area contributed by atoms with Crippen LogP contribution in [-0.4, -0.2) is 59.9 Å². The number of benzene rings is 1. The van der Waals surface area contributed by atoms with Crippen molar-refractivity contribution in [2.75, 3.05) is 31.6 Å². The van der Waals surface area contributed by atoms with Crippen LogP contribution in [0.15, 0.2) is 29.8 Å². The molecule has 4 aliphatic heterocycles. The Morgan fingerprint density at radius 1 is 1.17 bits per heavy atom. The normalized spacial score (nSPS) is 32.7. The highest BCUT2D eigenvalue weighted by molar-refractivity contribution is 6.00. The summed E-state index contributed by atoms with van der Waals surface area (Å²) in [4.78, 5) is 30.1. The van der Waals surface area contributed by atoms with Gasteiger partial charge in [-0.2, -0.15) is 0 Å². The number of piperidine rings is 3. The fraction of sp³-hybridized carbons (Fsp3) is 0.583. The number of ether oxygens (including phenoxy) is 1. The maximum absolute atomic E-state index is 13.6.